The molecular weight excluding hydrogens is 354 g/mol. The van der Waals surface area contributed by atoms with Gasteiger partial charge in [0.25, 0.3) is 0 Å². The molecule has 136 valence electrons. The van der Waals surface area contributed by atoms with E-state index in [-0.39, 0.29) is 16.9 Å². The van der Waals surface area contributed by atoms with Crippen molar-refractivity contribution in [1.82, 2.24) is 0 Å². The molecule has 0 bridgehead atoms. The molecule has 0 N–H and O–H groups in total. The minimum Gasteiger partial charge on any atom is -0.312 e. The number of hydrogen-bond acceptors (Lipinski definition) is 3. The van der Waals surface area contributed by atoms with Gasteiger partial charge in [-0.3, -0.25) is 9.59 Å². The van der Waals surface area contributed by atoms with E-state index in [1.54, 1.807) is 23.6 Å². The van der Waals surface area contributed by atoms with Gasteiger partial charge in [-0.2, -0.15) is 0 Å². The van der Waals surface area contributed by atoms with Crippen molar-refractivity contribution >= 4 is 39.9 Å². The molecule has 0 radical (unpaired) electrons. The maximum Gasteiger partial charge on any atom is 0.223 e. The second kappa shape index (κ2) is 7.20. The highest BCUT2D eigenvalue weighted by atomic mass is 32.2. The van der Waals surface area contributed by atoms with Gasteiger partial charge in [0.15, 0.2) is 5.78 Å². The Morgan fingerprint density at radius 3 is 2.56 bits per heavy atom. The van der Waals surface area contributed by atoms with Crippen molar-refractivity contribution in [3.8, 4) is 0 Å². The van der Waals surface area contributed by atoms with Gasteiger partial charge in [-0.1, -0.05) is 30.3 Å². The number of amides is 1. The lowest BCUT2D eigenvalue weighted by Gasteiger charge is -2.15. The van der Waals surface area contributed by atoms with E-state index in [1.165, 1.54) is 10.8 Å². The highest BCUT2D eigenvalue weighted by Crippen LogP contribution is 2.32. The number of hydrogen-bond donors (Lipinski definition) is 0. The molecule has 0 fully saturated rings. The number of anilines is 1. The lowest BCUT2D eigenvalue weighted by Crippen LogP contribution is -2.25. The molecule has 1 atom stereocenters. The summed E-state index contributed by atoms with van der Waals surface area (Å²) in [5.41, 5.74) is 2.74. The molecule has 4 heteroatoms. The average Bonchev–Trinajstić information content (AvgIpc) is 3.10. The van der Waals surface area contributed by atoms with E-state index >= 15 is 0 Å². The number of Topliss-reactive ketones (excluding diaryl/α,β-unsaturated/α-hetero) is 1. The first-order valence-corrected chi connectivity index (χ1v) is 10.0. The van der Waals surface area contributed by atoms with Gasteiger partial charge in [0.05, 0.1) is 5.25 Å². The molecule has 0 aromatic heterocycles. The Bertz CT molecular complexity index is 1040. The van der Waals surface area contributed by atoms with E-state index in [1.807, 2.05) is 37.3 Å². The van der Waals surface area contributed by atoms with Crippen LogP contribution < -0.4 is 4.90 Å². The second-order valence-electron chi connectivity index (χ2n) is 6.90. The highest BCUT2D eigenvalue weighted by Gasteiger charge is 2.24. The maximum absolute atomic E-state index is 12.9. The summed E-state index contributed by atoms with van der Waals surface area (Å²) >= 11 is 1.59. The fourth-order valence-electron chi connectivity index (χ4n) is 3.62. The predicted octanol–water partition coefficient (Wildman–Crippen LogP) is 5.11. The van der Waals surface area contributed by atoms with Crippen LogP contribution in [0.5, 0.6) is 0 Å². The lowest BCUT2D eigenvalue weighted by molar-refractivity contribution is -0.116. The zero-order valence-corrected chi connectivity index (χ0v) is 16.3. The summed E-state index contributed by atoms with van der Waals surface area (Å²) in [4.78, 5) is 27.5. The number of carbonyl (C=O) groups is 2. The van der Waals surface area contributed by atoms with Crippen LogP contribution in [0.25, 0.3) is 10.8 Å². The van der Waals surface area contributed by atoms with Crippen molar-refractivity contribution in [2.75, 3.05) is 11.4 Å². The van der Waals surface area contributed by atoms with Crippen LogP contribution in [0.15, 0.2) is 65.6 Å². The Labute approximate surface area is 163 Å². The Kier molecular flexibility index (Phi) is 4.75. The molecule has 0 aliphatic carbocycles. The number of benzene rings is 3. The van der Waals surface area contributed by atoms with E-state index in [0.29, 0.717) is 6.54 Å². The van der Waals surface area contributed by atoms with Crippen molar-refractivity contribution in [2.24, 2.45) is 0 Å². The molecule has 27 heavy (non-hydrogen) atoms. The van der Waals surface area contributed by atoms with Gasteiger partial charge in [0.2, 0.25) is 5.91 Å². The van der Waals surface area contributed by atoms with Crippen molar-refractivity contribution in [3.05, 3.63) is 71.8 Å². The second-order valence-corrected chi connectivity index (χ2v) is 8.31. The topological polar surface area (TPSA) is 37.4 Å². The average molecular weight is 375 g/mol. The van der Waals surface area contributed by atoms with E-state index in [0.717, 1.165) is 28.1 Å². The summed E-state index contributed by atoms with van der Waals surface area (Å²) in [7, 11) is 0. The van der Waals surface area contributed by atoms with Gasteiger partial charge in [0, 0.05) is 29.6 Å². The minimum absolute atomic E-state index is 0.0491. The SMILES string of the molecule is CC(=O)N1CCc2cc(C(=O)C(C)Sc3ccc4ccccc4c3)ccc21. The van der Waals surface area contributed by atoms with Crippen LogP contribution in [-0.2, 0) is 11.2 Å². The van der Waals surface area contributed by atoms with Crippen LogP contribution in [0.2, 0.25) is 0 Å². The summed E-state index contributed by atoms with van der Waals surface area (Å²) < 4.78 is 0. The fraction of sp³-hybridized carbons (Fsp3) is 0.217. The number of fused-ring (bicyclic) bond motifs is 2. The van der Waals surface area contributed by atoms with Crippen LogP contribution in [-0.4, -0.2) is 23.5 Å². The summed E-state index contributed by atoms with van der Waals surface area (Å²) in [6.07, 6.45) is 0.808. The molecule has 0 spiro atoms. The molecule has 1 unspecified atom stereocenters. The van der Waals surface area contributed by atoms with Crippen molar-refractivity contribution in [1.29, 1.82) is 0 Å². The van der Waals surface area contributed by atoms with Crippen molar-refractivity contribution < 1.29 is 9.59 Å². The van der Waals surface area contributed by atoms with E-state index in [2.05, 4.69) is 30.3 Å². The summed E-state index contributed by atoms with van der Waals surface area (Å²) in [6, 6.07) is 20.3. The quantitative estimate of drug-likeness (QED) is 0.470. The molecular formula is C23H21NO2S. The zero-order chi connectivity index (χ0) is 19.0. The third kappa shape index (κ3) is 3.50. The first-order valence-electron chi connectivity index (χ1n) is 9.13. The van der Waals surface area contributed by atoms with Crippen LogP contribution in [0.3, 0.4) is 0 Å². The standard InChI is InChI=1S/C23H21NO2S/c1-15(27-21-9-7-17-5-3-4-6-18(17)14-21)23(26)20-8-10-22-19(13-20)11-12-24(22)16(2)25/h3-10,13-15H,11-12H2,1-2H3. The molecule has 1 aliphatic heterocycles. The Balaban J connectivity index is 1.53. The largest absolute Gasteiger partial charge is 0.312 e. The molecule has 4 rings (SSSR count). The predicted molar refractivity (Wildman–Crippen MR) is 112 cm³/mol. The summed E-state index contributed by atoms with van der Waals surface area (Å²) in [5.74, 6) is 0.172. The zero-order valence-electron chi connectivity index (χ0n) is 15.4. The van der Waals surface area contributed by atoms with Gasteiger partial charge in [-0.25, -0.2) is 0 Å². The Hall–Kier alpha value is -2.59. The van der Waals surface area contributed by atoms with Crippen LogP contribution in [0.1, 0.15) is 29.8 Å². The Morgan fingerprint density at radius 1 is 1.00 bits per heavy atom. The first kappa shape index (κ1) is 17.8. The number of carbonyl (C=O) groups excluding carboxylic acids is 2. The molecule has 1 aliphatic rings. The van der Waals surface area contributed by atoms with E-state index < -0.39 is 0 Å². The van der Waals surface area contributed by atoms with Crippen LogP contribution >= 0.6 is 11.8 Å². The third-order valence-electron chi connectivity index (χ3n) is 5.04. The third-order valence-corrected chi connectivity index (χ3v) is 6.14. The van der Waals surface area contributed by atoms with Gasteiger partial charge in [0.1, 0.15) is 0 Å². The Morgan fingerprint density at radius 2 is 1.78 bits per heavy atom. The van der Waals surface area contributed by atoms with E-state index in [9.17, 15) is 9.59 Å². The smallest absolute Gasteiger partial charge is 0.223 e. The molecule has 0 saturated heterocycles. The fourth-order valence-corrected chi connectivity index (χ4v) is 4.61. The van der Waals surface area contributed by atoms with Crippen molar-refractivity contribution in [3.63, 3.8) is 0 Å². The van der Waals surface area contributed by atoms with Crippen LogP contribution in [0.4, 0.5) is 5.69 Å². The first-order chi connectivity index (χ1) is 13.0. The number of nitrogens with zero attached hydrogens (tertiary/aromatic N) is 1. The normalized spacial score (nSPS) is 14.2. The number of rotatable bonds is 4. The number of thioether (sulfide) groups is 1. The molecule has 3 aromatic rings. The van der Waals surface area contributed by atoms with Gasteiger partial charge in [-0.15, -0.1) is 11.8 Å². The van der Waals surface area contributed by atoms with Gasteiger partial charge in [-0.05, 0) is 60.0 Å². The minimum atomic E-state index is -0.172. The highest BCUT2D eigenvalue weighted by molar-refractivity contribution is 8.00. The molecule has 1 amide bonds. The van der Waals surface area contributed by atoms with Gasteiger partial charge < -0.3 is 4.90 Å². The number of ketones is 1. The molecule has 3 nitrogen and oxygen atoms in total. The van der Waals surface area contributed by atoms with Gasteiger partial charge >= 0.3 is 0 Å². The molecule has 0 saturated carbocycles. The van der Waals surface area contributed by atoms with E-state index in [4.69, 9.17) is 0 Å². The summed E-state index contributed by atoms with van der Waals surface area (Å²) in [6.45, 7) is 4.23. The monoisotopic (exact) mass is 375 g/mol. The van der Waals surface area contributed by atoms with Crippen LogP contribution in [0, 0.1) is 0 Å². The summed E-state index contributed by atoms with van der Waals surface area (Å²) in [5, 5.41) is 2.22. The maximum atomic E-state index is 12.9. The molecule has 3 aromatic carbocycles. The lowest BCUT2D eigenvalue weighted by atomic mass is 10.0. The van der Waals surface area contributed by atoms with Crippen molar-refractivity contribution in [2.45, 2.75) is 30.4 Å². The molecule has 1 heterocycles.